The number of hydrazine groups is 2. The summed E-state index contributed by atoms with van der Waals surface area (Å²) in [6, 6.07) is 14.3. The average Bonchev–Trinajstić information content (AvgIpc) is 3.54. The molecule has 3 aromatic rings. The van der Waals surface area contributed by atoms with Gasteiger partial charge in [-0.05, 0) is 60.8 Å². The van der Waals surface area contributed by atoms with Crippen molar-refractivity contribution >= 4 is 28.9 Å². The molecule has 7 nitrogen and oxygen atoms in total. The fourth-order valence-corrected chi connectivity index (χ4v) is 6.22. The molecule has 0 atom stereocenters. The van der Waals surface area contributed by atoms with Crippen LogP contribution in [0, 0.1) is 5.92 Å². The summed E-state index contributed by atoms with van der Waals surface area (Å²) in [5.74, 6) is 1.14. The second-order valence-electron chi connectivity index (χ2n) is 10.7. The van der Waals surface area contributed by atoms with Crippen molar-refractivity contribution in [2.75, 3.05) is 6.54 Å². The van der Waals surface area contributed by atoms with Crippen molar-refractivity contribution in [3.63, 3.8) is 0 Å². The molecule has 7 heteroatoms. The van der Waals surface area contributed by atoms with Crippen LogP contribution in [0.4, 0.5) is 0 Å². The molecule has 2 aromatic carbocycles. The van der Waals surface area contributed by atoms with E-state index < -0.39 is 5.97 Å². The number of amidine groups is 1. The molecule has 0 spiro atoms. The maximum Gasteiger partial charge on any atom is 0.335 e. The lowest BCUT2D eigenvalue weighted by atomic mass is 9.81. The number of carbonyl (C=O) groups is 1. The van der Waals surface area contributed by atoms with Crippen LogP contribution < -0.4 is 11.0 Å². The van der Waals surface area contributed by atoms with Gasteiger partial charge in [0.05, 0.1) is 16.8 Å². The molecule has 1 aromatic heterocycles. The summed E-state index contributed by atoms with van der Waals surface area (Å²) in [7, 11) is 0. The van der Waals surface area contributed by atoms with Gasteiger partial charge in [-0.3, -0.25) is 5.43 Å². The Balaban J connectivity index is 1.43. The van der Waals surface area contributed by atoms with Gasteiger partial charge in [-0.1, -0.05) is 49.6 Å². The predicted octanol–water partition coefficient (Wildman–Crippen LogP) is 5.50. The molecule has 7 rings (SSSR count). The molecule has 0 saturated heterocycles. The van der Waals surface area contributed by atoms with E-state index in [9.17, 15) is 9.90 Å². The van der Waals surface area contributed by atoms with Crippen LogP contribution in [0.3, 0.4) is 0 Å². The summed E-state index contributed by atoms with van der Waals surface area (Å²) in [4.78, 5) is 11.9. The van der Waals surface area contributed by atoms with E-state index in [1.807, 2.05) is 17.3 Å². The van der Waals surface area contributed by atoms with Crippen LogP contribution in [0.1, 0.15) is 72.3 Å². The number of fused-ring (bicyclic) bond motifs is 5. The van der Waals surface area contributed by atoms with Crippen molar-refractivity contribution in [1.82, 2.24) is 20.6 Å². The number of benzene rings is 2. The fraction of sp³-hybridized carbons (Fsp3) is 0.379. The van der Waals surface area contributed by atoms with Crippen LogP contribution >= 0.6 is 0 Å². The zero-order valence-corrected chi connectivity index (χ0v) is 20.3. The number of rotatable bonds is 5. The first-order valence-electron chi connectivity index (χ1n) is 13.2. The van der Waals surface area contributed by atoms with E-state index in [-0.39, 0.29) is 0 Å². The molecular weight excluding hydrogens is 450 g/mol. The average molecular weight is 482 g/mol. The zero-order valence-electron chi connectivity index (χ0n) is 20.3. The third-order valence-electron chi connectivity index (χ3n) is 8.21. The number of carboxylic acid groups (broad SMARTS) is 1. The molecule has 2 saturated carbocycles. The van der Waals surface area contributed by atoms with Crippen LogP contribution in [-0.4, -0.2) is 33.1 Å². The Hall–Kier alpha value is -3.58. The first kappa shape index (κ1) is 21.7. The predicted molar refractivity (Wildman–Crippen MR) is 141 cm³/mol. The normalized spacial score (nSPS) is 20.1. The van der Waals surface area contributed by atoms with Crippen LogP contribution in [0.25, 0.3) is 28.4 Å². The minimum Gasteiger partial charge on any atom is -0.478 e. The molecule has 3 heterocycles. The van der Waals surface area contributed by atoms with E-state index in [1.165, 1.54) is 72.7 Å². The van der Waals surface area contributed by atoms with Crippen LogP contribution in [0.5, 0.6) is 0 Å². The molecule has 3 N–H and O–H groups in total. The molecule has 0 unspecified atom stereocenters. The van der Waals surface area contributed by atoms with Gasteiger partial charge in [0.15, 0.2) is 5.84 Å². The van der Waals surface area contributed by atoms with Gasteiger partial charge in [0.2, 0.25) is 0 Å². The zero-order chi connectivity index (χ0) is 24.2. The van der Waals surface area contributed by atoms with Crippen LogP contribution in [0.15, 0.2) is 53.1 Å². The van der Waals surface area contributed by atoms with E-state index in [1.54, 1.807) is 6.07 Å². The van der Waals surface area contributed by atoms with Gasteiger partial charge >= 0.3 is 5.97 Å². The highest BCUT2D eigenvalue weighted by Gasteiger charge is 2.31. The largest absolute Gasteiger partial charge is 0.478 e. The lowest BCUT2D eigenvalue weighted by Gasteiger charge is -2.23. The second kappa shape index (κ2) is 8.52. The summed E-state index contributed by atoms with van der Waals surface area (Å²) < 4.78 is 2.25. The molecule has 0 bridgehead atoms. The summed E-state index contributed by atoms with van der Waals surface area (Å²) in [6.45, 7) is 0.933. The second-order valence-corrected chi connectivity index (χ2v) is 10.7. The summed E-state index contributed by atoms with van der Waals surface area (Å²) in [5, 5.41) is 17.6. The molecule has 2 aliphatic heterocycles. The monoisotopic (exact) mass is 481 g/mol. The van der Waals surface area contributed by atoms with Gasteiger partial charge < -0.3 is 9.67 Å². The maximum atomic E-state index is 11.9. The maximum absolute atomic E-state index is 11.9. The summed E-state index contributed by atoms with van der Waals surface area (Å²) >= 11 is 0. The lowest BCUT2D eigenvalue weighted by Crippen LogP contribution is -2.43. The minimum absolute atomic E-state index is 0.319. The van der Waals surface area contributed by atoms with Crippen molar-refractivity contribution in [2.45, 2.75) is 57.3 Å². The number of aromatic carboxylic acids is 1. The number of aromatic nitrogens is 1. The topological polar surface area (TPSA) is 81.9 Å². The minimum atomic E-state index is -0.897. The van der Waals surface area contributed by atoms with Gasteiger partial charge in [0.25, 0.3) is 0 Å². The highest BCUT2D eigenvalue weighted by Crippen LogP contribution is 2.46. The van der Waals surface area contributed by atoms with Gasteiger partial charge in [-0.2, -0.15) is 0 Å². The molecule has 0 radical (unpaired) electrons. The molecule has 184 valence electrons. The first-order valence-corrected chi connectivity index (χ1v) is 13.2. The van der Waals surface area contributed by atoms with Crippen LogP contribution in [0.2, 0.25) is 0 Å². The Kier molecular flexibility index (Phi) is 5.13. The van der Waals surface area contributed by atoms with E-state index >= 15 is 0 Å². The molecule has 36 heavy (non-hydrogen) atoms. The smallest absolute Gasteiger partial charge is 0.335 e. The quantitative estimate of drug-likeness (QED) is 0.448. The van der Waals surface area contributed by atoms with E-state index in [0.717, 1.165) is 35.8 Å². The third-order valence-corrected chi connectivity index (χ3v) is 8.21. The van der Waals surface area contributed by atoms with Crippen molar-refractivity contribution in [2.24, 2.45) is 11.0 Å². The lowest BCUT2D eigenvalue weighted by molar-refractivity contribution is 0.0697. The van der Waals surface area contributed by atoms with Crippen LogP contribution in [-0.2, 0) is 6.42 Å². The number of hydrogen-bond acceptors (Lipinski definition) is 5. The van der Waals surface area contributed by atoms with Gasteiger partial charge in [0.1, 0.15) is 0 Å². The third kappa shape index (κ3) is 3.69. The SMILES string of the molecule is O=C(O)c1ccc2c(C3CCCCC3)c3n(c2c1)C=C(C1=NNN(CC2CC2)N1)Cc1ccccc1-3. The van der Waals surface area contributed by atoms with Gasteiger partial charge in [-0.15, -0.1) is 10.2 Å². The Morgan fingerprint density at radius 1 is 1.06 bits per heavy atom. The first-order chi connectivity index (χ1) is 17.7. The molecule has 0 amide bonds. The number of hydrazone groups is 1. The highest BCUT2D eigenvalue weighted by molar-refractivity contribution is 6.05. The summed E-state index contributed by atoms with van der Waals surface area (Å²) in [5.41, 5.74) is 14.1. The van der Waals surface area contributed by atoms with E-state index in [4.69, 9.17) is 0 Å². The van der Waals surface area contributed by atoms with Gasteiger partial charge in [-0.25, -0.2) is 10.3 Å². The Labute approximate surface area is 210 Å². The van der Waals surface area contributed by atoms with E-state index in [0.29, 0.717) is 11.5 Å². The molecule has 2 fully saturated rings. The Morgan fingerprint density at radius 2 is 1.89 bits per heavy atom. The molecular formula is C29H31N5O2. The van der Waals surface area contributed by atoms with Crippen molar-refractivity contribution in [3.05, 3.63) is 64.7 Å². The number of hydrogen-bond donors (Lipinski definition) is 3. The fourth-order valence-electron chi connectivity index (χ4n) is 6.22. The van der Waals surface area contributed by atoms with Crippen molar-refractivity contribution in [1.29, 1.82) is 0 Å². The Morgan fingerprint density at radius 3 is 2.69 bits per heavy atom. The van der Waals surface area contributed by atoms with Crippen molar-refractivity contribution < 1.29 is 9.90 Å². The number of nitrogens with zero attached hydrogens (tertiary/aromatic N) is 3. The van der Waals surface area contributed by atoms with Crippen molar-refractivity contribution in [3.8, 4) is 11.3 Å². The van der Waals surface area contributed by atoms with E-state index in [2.05, 4.69) is 51.1 Å². The molecule has 2 aliphatic carbocycles. The summed E-state index contributed by atoms with van der Waals surface area (Å²) in [6.07, 6.45) is 11.6. The highest BCUT2D eigenvalue weighted by atomic mass is 16.4. The van der Waals surface area contributed by atoms with Gasteiger partial charge in [0, 0.05) is 35.7 Å². The number of nitrogens with one attached hydrogen (secondary N) is 2. The standard InChI is InChI=1S/C29H31N5O2/c35-29(36)21-12-13-24-25(15-21)33-17-22(28-30-32-34(31-28)16-18-10-11-18)14-20-8-4-5-9-23(20)27(33)26(24)19-6-2-1-3-7-19/h4-5,8-9,12-13,15,17-19,32H,1-3,6-7,10-11,14,16H2,(H,30,31)(H,35,36). The Bertz CT molecular complexity index is 1420. The number of carboxylic acids is 1. The molecule has 4 aliphatic rings.